The van der Waals surface area contributed by atoms with Gasteiger partial charge in [0.2, 0.25) is 6.73 Å². The number of hydrogen-bond acceptors (Lipinski definition) is 3. The van der Waals surface area contributed by atoms with E-state index in [1.165, 1.54) is 11.1 Å². The van der Waals surface area contributed by atoms with Crippen LogP contribution in [-0.4, -0.2) is 12.3 Å². The zero-order chi connectivity index (χ0) is 18.6. The van der Waals surface area contributed by atoms with Crippen LogP contribution in [0, 0.1) is 12.1 Å². The molecule has 138 valence electrons. The van der Waals surface area contributed by atoms with Gasteiger partial charge in [-0.25, -0.2) is 0 Å². The van der Waals surface area contributed by atoms with Crippen LogP contribution in [0.4, 0.5) is 5.69 Å². The van der Waals surface area contributed by atoms with E-state index in [0.29, 0.717) is 12.5 Å². The minimum Gasteiger partial charge on any atom is -0.632 e. The van der Waals surface area contributed by atoms with E-state index in [4.69, 9.17) is 16.3 Å². The summed E-state index contributed by atoms with van der Waals surface area (Å²) in [4.78, 5) is 0. The van der Waals surface area contributed by atoms with Crippen LogP contribution < -0.4 is 15.1 Å². The van der Waals surface area contributed by atoms with E-state index in [1.54, 1.807) is 0 Å². The highest BCUT2D eigenvalue weighted by molar-refractivity contribution is 6.35. The molecular weight excluding hydrogens is 348 g/mol. The van der Waals surface area contributed by atoms with Crippen LogP contribution in [-0.2, 0) is 6.54 Å². The van der Waals surface area contributed by atoms with E-state index < -0.39 is 0 Å². The van der Waals surface area contributed by atoms with Crippen LogP contribution in [0.3, 0.4) is 0 Å². The molecule has 2 heterocycles. The summed E-state index contributed by atoms with van der Waals surface area (Å²) in [7, 11) is 0. The van der Waals surface area contributed by atoms with Crippen LogP contribution in [0.5, 0.6) is 5.75 Å². The summed E-state index contributed by atoms with van der Waals surface area (Å²) < 4.78 is 5.80. The molecule has 4 rings (SSSR count). The van der Waals surface area contributed by atoms with Gasteiger partial charge in [0.1, 0.15) is 12.3 Å². The van der Waals surface area contributed by atoms with Crippen molar-refractivity contribution in [2.75, 3.05) is 12.0 Å². The van der Waals surface area contributed by atoms with E-state index in [2.05, 4.69) is 39.1 Å². The topological polar surface area (TPSA) is 48.8 Å². The molecule has 2 unspecified atom stereocenters. The minimum absolute atomic E-state index is 0.0530. The molecule has 0 radical (unpaired) electrons. The maximum atomic E-state index is 11.7. The van der Waals surface area contributed by atoms with Gasteiger partial charge in [-0.15, -0.1) is 0 Å². The Morgan fingerprint density at radius 3 is 2.85 bits per heavy atom. The van der Waals surface area contributed by atoms with Crippen molar-refractivity contribution in [3.8, 4) is 16.9 Å². The smallest absolute Gasteiger partial charge is 0.222 e. The molecule has 2 aromatic carbocycles. The Morgan fingerprint density at radius 1 is 1.31 bits per heavy atom. The van der Waals surface area contributed by atoms with E-state index in [-0.39, 0.29) is 17.3 Å². The fourth-order valence-electron chi connectivity index (χ4n) is 4.42. The van der Waals surface area contributed by atoms with Gasteiger partial charge in [0.25, 0.3) is 0 Å². The van der Waals surface area contributed by atoms with Crippen LogP contribution in [0.2, 0.25) is 5.02 Å². The predicted octanol–water partition coefficient (Wildman–Crippen LogP) is 4.25. The normalized spacial score (nSPS) is 23.5. The molecule has 26 heavy (non-hydrogen) atoms. The fraction of sp³-hybridized carbons (Fsp3) is 0.429. The van der Waals surface area contributed by atoms with Crippen molar-refractivity contribution in [3.05, 3.63) is 51.2 Å². The molecule has 0 aromatic heterocycles. The summed E-state index contributed by atoms with van der Waals surface area (Å²) in [5.41, 5.74) is 6.48. The lowest BCUT2D eigenvalue weighted by atomic mass is 9.79. The number of hydroxylamine groups is 2. The molecule has 0 amide bonds. The van der Waals surface area contributed by atoms with Crippen molar-refractivity contribution in [1.82, 2.24) is 0 Å². The average molecular weight is 373 g/mol. The number of ether oxygens (including phenoxy) is 1. The lowest BCUT2D eigenvalue weighted by Crippen LogP contribution is -3.07. The number of rotatable bonds is 1. The van der Waals surface area contributed by atoms with Gasteiger partial charge in [-0.1, -0.05) is 30.7 Å². The summed E-state index contributed by atoms with van der Waals surface area (Å²) in [6, 6.07) is 8.11. The second-order valence-corrected chi connectivity index (χ2v) is 8.63. The first-order valence-electron chi connectivity index (χ1n) is 9.15. The third-order valence-corrected chi connectivity index (χ3v) is 5.83. The summed E-state index contributed by atoms with van der Waals surface area (Å²) in [6.45, 7) is 9.39. The molecule has 0 fully saturated rings. The number of fused-ring (bicyclic) bond motifs is 2. The number of hydrogen-bond donors (Lipinski definition) is 2. The largest absolute Gasteiger partial charge is 0.632 e. The number of para-hydroxylation sites is 1. The Morgan fingerprint density at radius 2 is 2.08 bits per heavy atom. The molecule has 2 atom stereocenters. The summed E-state index contributed by atoms with van der Waals surface area (Å²) in [5, 5.41) is 16.3. The Hall–Kier alpha value is -1.75. The first-order valence-corrected chi connectivity index (χ1v) is 9.52. The molecule has 2 aromatic rings. The second-order valence-electron chi connectivity index (χ2n) is 8.26. The molecule has 2 aliphatic rings. The molecule has 5 heteroatoms. The van der Waals surface area contributed by atoms with Gasteiger partial charge in [0, 0.05) is 27.9 Å². The number of benzene rings is 2. The van der Waals surface area contributed by atoms with Crippen molar-refractivity contribution in [2.45, 2.75) is 52.1 Å². The fourth-order valence-corrected chi connectivity index (χ4v) is 4.86. The van der Waals surface area contributed by atoms with Crippen LogP contribution in [0.15, 0.2) is 24.3 Å². The van der Waals surface area contributed by atoms with Gasteiger partial charge < -0.3 is 20.3 Å². The van der Waals surface area contributed by atoms with E-state index >= 15 is 0 Å². The van der Waals surface area contributed by atoms with E-state index in [1.807, 2.05) is 18.2 Å². The monoisotopic (exact) mass is 372 g/mol. The van der Waals surface area contributed by atoms with Gasteiger partial charge >= 0.3 is 0 Å². The highest BCUT2D eigenvalue weighted by Crippen LogP contribution is 2.49. The molecule has 0 saturated carbocycles. The molecule has 0 bridgehead atoms. The predicted molar refractivity (Wildman–Crippen MR) is 106 cm³/mol. The van der Waals surface area contributed by atoms with Crippen LogP contribution in [0.1, 0.15) is 49.8 Å². The molecule has 2 aliphatic heterocycles. The zero-order valence-electron chi connectivity index (χ0n) is 15.7. The van der Waals surface area contributed by atoms with Crippen molar-refractivity contribution < 1.29 is 9.80 Å². The molecule has 0 saturated heterocycles. The van der Waals surface area contributed by atoms with Crippen LogP contribution >= 0.6 is 11.6 Å². The SMILES string of the molecule is Cc1cc(-c2cccc3c2OC[NH+]([O-])C3)c(Cl)c2c1NC(C)(C)CC2C. The quantitative estimate of drug-likeness (QED) is 0.736. The first-order chi connectivity index (χ1) is 12.3. The second kappa shape index (κ2) is 6.15. The number of quaternary nitrogens is 1. The lowest BCUT2D eigenvalue weighted by molar-refractivity contribution is -0.883. The number of halogens is 1. The highest BCUT2D eigenvalue weighted by Gasteiger charge is 2.33. The molecule has 4 nitrogen and oxygen atoms in total. The highest BCUT2D eigenvalue weighted by atomic mass is 35.5. The number of aryl methyl sites for hydroxylation is 1. The Balaban J connectivity index is 1.89. The average Bonchev–Trinajstić information content (AvgIpc) is 2.56. The summed E-state index contributed by atoms with van der Waals surface area (Å²) >= 11 is 6.93. The Kier molecular flexibility index (Phi) is 4.18. The van der Waals surface area contributed by atoms with Crippen molar-refractivity contribution >= 4 is 17.3 Å². The minimum atomic E-state index is 0.0530. The molecular formula is C21H25ClN2O2. The number of nitrogens with one attached hydrogen (secondary N) is 2. The third-order valence-electron chi connectivity index (χ3n) is 5.42. The lowest BCUT2D eigenvalue weighted by Gasteiger charge is -2.39. The van der Waals surface area contributed by atoms with Gasteiger partial charge in [-0.3, -0.25) is 0 Å². The molecule has 0 spiro atoms. The molecule has 2 N–H and O–H groups in total. The van der Waals surface area contributed by atoms with Crippen molar-refractivity contribution in [2.24, 2.45) is 0 Å². The van der Waals surface area contributed by atoms with E-state index in [0.717, 1.165) is 39.6 Å². The van der Waals surface area contributed by atoms with Gasteiger partial charge in [-0.05, 0) is 56.4 Å². The van der Waals surface area contributed by atoms with Crippen LogP contribution in [0.25, 0.3) is 11.1 Å². The van der Waals surface area contributed by atoms with Crippen molar-refractivity contribution in [3.63, 3.8) is 0 Å². The standard InChI is InChI=1S/C21H25ClN2O2/c1-12-8-16(15-7-5-6-14-10-24(25)11-26-20(14)15)18(22)17-13(2)9-21(3,4)23-19(12)17/h5-8,13,23-24H,9-11H2,1-4H3. The first kappa shape index (κ1) is 17.7. The third kappa shape index (κ3) is 2.86. The summed E-state index contributed by atoms with van der Waals surface area (Å²) in [6.07, 6.45) is 1.03. The van der Waals surface area contributed by atoms with Gasteiger partial charge in [0.15, 0.2) is 0 Å². The maximum Gasteiger partial charge on any atom is 0.222 e. The Labute approximate surface area is 159 Å². The van der Waals surface area contributed by atoms with Gasteiger partial charge in [0.05, 0.1) is 5.02 Å². The molecule has 0 aliphatic carbocycles. The maximum absolute atomic E-state index is 11.7. The zero-order valence-corrected chi connectivity index (χ0v) is 16.5. The van der Waals surface area contributed by atoms with Gasteiger partial charge in [-0.2, -0.15) is 0 Å². The van der Waals surface area contributed by atoms with Crippen molar-refractivity contribution in [1.29, 1.82) is 0 Å². The van der Waals surface area contributed by atoms with E-state index in [9.17, 15) is 5.21 Å². The number of anilines is 1. The summed E-state index contributed by atoms with van der Waals surface area (Å²) in [5.74, 6) is 1.17. The Bertz CT molecular complexity index is 879.